The third kappa shape index (κ3) is 6.70. The van der Waals surface area contributed by atoms with Gasteiger partial charge in [0.1, 0.15) is 0 Å². The highest BCUT2D eigenvalue weighted by Gasteiger charge is 2.17. The summed E-state index contributed by atoms with van der Waals surface area (Å²) in [6.45, 7) is 0. The molecule has 5 nitrogen and oxygen atoms in total. The van der Waals surface area contributed by atoms with Crippen molar-refractivity contribution in [3.8, 4) is 11.5 Å². The molecule has 0 saturated heterocycles. The fraction of sp³-hybridized carbons (Fsp3) is 0.619. The van der Waals surface area contributed by atoms with Crippen LogP contribution in [0.5, 0.6) is 11.5 Å². The maximum absolute atomic E-state index is 11.8. The molecule has 2 rings (SSSR count). The second kappa shape index (κ2) is 10.8. The average molecular weight is 362 g/mol. The summed E-state index contributed by atoms with van der Waals surface area (Å²) in [5.74, 6) is 1.16. The summed E-state index contributed by atoms with van der Waals surface area (Å²) >= 11 is 0. The van der Waals surface area contributed by atoms with Crippen LogP contribution < -0.4 is 9.47 Å². The number of methoxy groups -OCH3 is 2. The van der Waals surface area contributed by atoms with E-state index in [1.807, 2.05) is 18.2 Å². The van der Waals surface area contributed by atoms with Gasteiger partial charge in [-0.2, -0.15) is 0 Å². The van der Waals surface area contributed by atoms with Gasteiger partial charge < -0.3 is 14.2 Å². The van der Waals surface area contributed by atoms with Crippen LogP contribution in [0.2, 0.25) is 0 Å². The molecular formula is C21H30O5. The Kier molecular flexibility index (Phi) is 8.45. The second-order valence-corrected chi connectivity index (χ2v) is 6.93. The molecular weight excluding hydrogens is 332 g/mol. The minimum Gasteiger partial charge on any atom is -0.493 e. The van der Waals surface area contributed by atoms with E-state index in [1.165, 1.54) is 32.1 Å². The van der Waals surface area contributed by atoms with E-state index in [2.05, 4.69) is 0 Å². The molecule has 0 heterocycles. The molecule has 26 heavy (non-hydrogen) atoms. The van der Waals surface area contributed by atoms with E-state index in [1.54, 1.807) is 14.2 Å². The standard InChI is InChI=1S/C21H30O5/c1-24-18-13-11-17(15-19(18)25-2)9-6-10-20(22)26-21(23)14-12-16-7-4-3-5-8-16/h11,13,15-16H,3-10,12,14H2,1-2H3. The average Bonchev–Trinajstić information content (AvgIpc) is 2.67. The molecule has 0 aliphatic heterocycles. The monoisotopic (exact) mass is 362 g/mol. The van der Waals surface area contributed by atoms with Gasteiger partial charge in [0.15, 0.2) is 11.5 Å². The van der Waals surface area contributed by atoms with Gasteiger partial charge in [-0.3, -0.25) is 9.59 Å². The van der Waals surface area contributed by atoms with Gasteiger partial charge in [0.2, 0.25) is 0 Å². The molecule has 1 saturated carbocycles. The van der Waals surface area contributed by atoms with Gasteiger partial charge >= 0.3 is 11.9 Å². The van der Waals surface area contributed by atoms with Crippen molar-refractivity contribution in [2.45, 2.75) is 64.2 Å². The van der Waals surface area contributed by atoms with Crippen LogP contribution in [0, 0.1) is 5.92 Å². The molecule has 0 atom stereocenters. The number of carbonyl (C=O) groups is 2. The molecule has 0 spiro atoms. The third-order valence-electron chi connectivity index (χ3n) is 5.00. The van der Waals surface area contributed by atoms with Crippen molar-refractivity contribution in [2.75, 3.05) is 14.2 Å². The second-order valence-electron chi connectivity index (χ2n) is 6.93. The predicted molar refractivity (Wildman–Crippen MR) is 99.4 cm³/mol. The Bertz CT molecular complexity index is 590. The SMILES string of the molecule is COc1ccc(CCCC(=O)OC(=O)CCC2CCCCC2)cc1OC. The number of hydrogen-bond acceptors (Lipinski definition) is 5. The van der Waals surface area contributed by atoms with E-state index in [0.717, 1.165) is 12.0 Å². The topological polar surface area (TPSA) is 61.8 Å². The van der Waals surface area contributed by atoms with E-state index >= 15 is 0 Å². The fourth-order valence-corrected chi connectivity index (χ4v) is 3.50. The Labute approximate surface area is 156 Å². The number of carbonyl (C=O) groups excluding carboxylic acids is 2. The molecule has 0 unspecified atom stereocenters. The quantitative estimate of drug-likeness (QED) is 0.479. The molecule has 0 radical (unpaired) electrons. The number of esters is 2. The van der Waals surface area contributed by atoms with Gasteiger partial charge in [-0.15, -0.1) is 0 Å². The minimum atomic E-state index is -0.431. The minimum absolute atomic E-state index is 0.240. The number of aryl methyl sites for hydroxylation is 1. The summed E-state index contributed by atoms with van der Waals surface area (Å²) in [4.78, 5) is 23.6. The first kappa shape index (κ1) is 20.3. The summed E-state index contributed by atoms with van der Waals surface area (Å²) in [6, 6.07) is 5.70. The molecule has 0 bridgehead atoms. The molecule has 1 aromatic rings. The lowest BCUT2D eigenvalue weighted by Gasteiger charge is -2.20. The molecule has 1 aromatic carbocycles. The maximum Gasteiger partial charge on any atom is 0.313 e. The van der Waals surface area contributed by atoms with Gasteiger partial charge in [0.25, 0.3) is 0 Å². The van der Waals surface area contributed by atoms with Crippen molar-refractivity contribution in [1.82, 2.24) is 0 Å². The van der Waals surface area contributed by atoms with Gasteiger partial charge in [-0.1, -0.05) is 38.2 Å². The van der Waals surface area contributed by atoms with Crippen molar-refractivity contribution < 1.29 is 23.8 Å². The predicted octanol–water partition coefficient (Wildman–Crippen LogP) is 4.46. The van der Waals surface area contributed by atoms with Crippen molar-refractivity contribution in [1.29, 1.82) is 0 Å². The van der Waals surface area contributed by atoms with Crippen LogP contribution >= 0.6 is 0 Å². The lowest BCUT2D eigenvalue weighted by Crippen LogP contribution is -2.14. The molecule has 1 aliphatic rings. The summed E-state index contributed by atoms with van der Waals surface area (Å²) < 4.78 is 15.4. The van der Waals surface area contributed by atoms with Crippen molar-refractivity contribution in [3.05, 3.63) is 23.8 Å². The van der Waals surface area contributed by atoms with E-state index < -0.39 is 5.97 Å². The summed E-state index contributed by atoms with van der Waals surface area (Å²) in [5.41, 5.74) is 1.05. The van der Waals surface area contributed by atoms with Gasteiger partial charge in [0, 0.05) is 12.8 Å². The molecule has 0 N–H and O–H groups in total. The van der Waals surface area contributed by atoms with Crippen LogP contribution in [-0.4, -0.2) is 26.2 Å². The molecule has 1 fully saturated rings. The smallest absolute Gasteiger partial charge is 0.313 e. The van der Waals surface area contributed by atoms with Gasteiger partial charge in [-0.25, -0.2) is 0 Å². The number of ether oxygens (including phenoxy) is 3. The largest absolute Gasteiger partial charge is 0.493 e. The van der Waals surface area contributed by atoms with Crippen LogP contribution in [-0.2, 0) is 20.7 Å². The zero-order valence-electron chi connectivity index (χ0n) is 15.9. The zero-order chi connectivity index (χ0) is 18.8. The molecule has 5 heteroatoms. The lowest BCUT2D eigenvalue weighted by molar-refractivity contribution is -0.159. The third-order valence-corrected chi connectivity index (χ3v) is 5.00. The van der Waals surface area contributed by atoms with Crippen LogP contribution in [0.4, 0.5) is 0 Å². The first-order valence-electron chi connectivity index (χ1n) is 9.56. The van der Waals surface area contributed by atoms with Crippen molar-refractivity contribution in [3.63, 3.8) is 0 Å². The normalized spacial score (nSPS) is 14.7. The Balaban J connectivity index is 1.65. The highest BCUT2D eigenvalue weighted by Crippen LogP contribution is 2.28. The van der Waals surface area contributed by atoms with Crippen LogP contribution in [0.15, 0.2) is 18.2 Å². The summed E-state index contributed by atoms with van der Waals surface area (Å²) in [6.07, 6.45) is 9.01. The molecule has 144 valence electrons. The molecule has 0 aromatic heterocycles. The fourth-order valence-electron chi connectivity index (χ4n) is 3.50. The van der Waals surface area contributed by atoms with E-state index in [9.17, 15) is 9.59 Å². The van der Waals surface area contributed by atoms with E-state index in [4.69, 9.17) is 14.2 Å². The van der Waals surface area contributed by atoms with E-state index in [0.29, 0.717) is 36.7 Å². The Morgan fingerprint density at radius 1 is 0.962 bits per heavy atom. The number of rotatable bonds is 9. The first-order chi connectivity index (χ1) is 12.6. The zero-order valence-corrected chi connectivity index (χ0v) is 15.9. The number of hydrogen-bond donors (Lipinski definition) is 0. The molecule has 0 amide bonds. The van der Waals surface area contributed by atoms with Crippen LogP contribution in [0.25, 0.3) is 0 Å². The maximum atomic E-state index is 11.8. The van der Waals surface area contributed by atoms with Gasteiger partial charge in [-0.05, 0) is 42.9 Å². The van der Waals surface area contributed by atoms with Crippen molar-refractivity contribution >= 4 is 11.9 Å². The highest BCUT2D eigenvalue weighted by atomic mass is 16.6. The highest BCUT2D eigenvalue weighted by molar-refractivity contribution is 5.85. The Morgan fingerprint density at radius 2 is 1.65 bits per heavy atom. The van der Waals surface area contributed by atoms with Crippen molar-refractivity contribution in [2.24, 2.45) is 5.92 Å². The van der Waals surface area contributed by atoms with Crippen LogP contribution in [0.3, 0.4) is 0 Å². The Morgan fingerprint density at radius 3 is 2.35 bits per heavy atom. The first-order valence-corrected chi connectivity index (χ1v) is 9.56. The van der Waals surface area contributed by atoms with Crippen LogP contribution in [0.1, 0.15) is 63.4 Å². The van der Waals surface area contributed by atoms with E-state index in [-0.39, 0.29) is 12.4 Å². The lowest BCUT2D eigenvalue weighted by atomic mass is 9.86. The summed E-state index contributed by atoms with van der Waals surface area (Å²) in [7, 11) is 3.19. The van der Waals surface area contributed by atoms with Gasteiger partial charge in [0.05, 0.1) is 14.2 Å². The summed E-state index contributed by atoms with van der Waals surface area (Å²) in [5, 5.41) is 0. The number of benzene rings is 1. The Hall–Kier alpha value is -2.04. The molecule has 1 aliphatic carbocycles.